The minimum absolute atomic E-state index is 0. The van der Waals surface area contributed by atoms with Crippen LogP contribution in [0.5, 0.6) is 5.75 Å². The summed E-state index contributed by atoms with van der Waals surface area (Å²) in [5.74, 6) is -1.90. The fraction of sp³-hybridized carbons (Fsp3) is 0.0417. The summed E-state index contributed by atoms with van der Waals surface area (Å²) in [6.07, 6.45) is 0. The number of nitrogens with zero attached hydrogens (tertiary/aromatic N) is 3. The van der Waals surface area contributed by atoms with Crippen LogP contribution >= 0.6 is 0 Å². The Balaban J connectivity index is 0.00000280. The van der Waals surface area contributed by atoms with Crippen molar-refractivity contribution in [2.75, 3.05) is 5.32 Å². The van der Waals surface area contributed by atoms with Crippen LogP contribution in [0.3, 0.4) is 0 Å². The third kappa shape index (κ3) is 8.10. The van der Waals surface area contributed by atoms with Gasteiger partial charge in [0, 0.05) is 16.8 Å². The van der Waals surface area contributed by atoms with Crippen LogP contribution < -0.4 is 74.6 Å². The summed E-state index contributed by atoms with van der Waals surface area (Å²) >= 11 is 0. The second-order valence-corrected chi connectivity index (χ2v) is 10.7. The summed E-state index contributed by atoms with van der Waals surface area (Å²) in [7, 11) is -9.88. The smallest absolute Gasteiger partial charge is 0.870 e. The van der Waals surface area contributed by atoms with Crippen LogP contribution in [-0.2, 0) is 20.2 Å². The Bertz CT molecular complexity index is 1810. The van der Waals surface area contributed by atoms with Crippen LogP contribution in [0.25, 0.3) is 10.8 Å². The van der Waals surface area contributed by atoms with E-state index in [0.717, 1.165) is 30.8 Å². The minimum Gasteiger partial charge on any atom is -0.870 e. The van der Waals surface area contributed by atoms with Crippen LogP contribution in [-0.4, -0.2) is 31.8 Å². The van der Waals surface area contributed by atoms with Crippen molar-refractivity contribution in [3.8, 4) is 5.75 Å². The van der Waals surface area contributed by atoms with Gasteiger partial charge in [0.25, 0.3) is 20.2 Å². The Labute approximate surface area is 274 Å². The molecular formula is C24H18N4Na2O8S2. The number of anilines is 2. The normalized spacial score (nSPS) is 12.1. The summed E-state index contributed by atoms with van der Waals surface area (Å²) in [4.78, 5) is 1.91. The first-order valence-corrected chi connectivity index (χ1v) is 13.5. The molecule has 4 rings (SSSR count). The first-order chi connectivity index (χ1) is 17.8. The number of benzene rings is 4. The first kappa shape index (κ1) is 33.8. The predicted molar refractivity (Wildman–Crippen MR) is 136 cm³/mol. The molecule has 0 saturated carbocycles. The number of para-hydroxylation sites is 1. The minimum atomic E-state index is -5.05. The SMILES string of the molecule is CC([O-])=Nc1cc(S(=O)(=O)O)cc2cc(S(=O)(=O)O)c(N=Nc3ccc(Nc4ccccc4)cc3)c([O-])c12.[Na+].[Na+]. The van der Waals surface area contributed by atoms with Crippen LogP contribution in [0.15, 0.2) is 97.8 Å². The average Bonchev–Trinajstić information content (AvgIpc) is 2.83. The summed E-state index contributed by atoms with van der Waals surface area (Å²) in [6, 6.07) is 18.1. The van der Waals surface area contributed by atoms with E-state index < -0.39 is 53.0 Å². The number of azo groups is 1. The summed E-state index contributed by atoms with van der Waals surface area (Å²) < 4.78 is 66.7. The van der Waals surface area contributed by atoms with E-state index in [0.29, 0.717) is 5.69 Å². The van der Waals surface area contributed by atoms with Crippen molar-refractivity contribution in [1.29, 1.82) is 0 Å². The van der Waals surface area contributed by atoms with Gasteiger partial charge >= 0.3 is 59.1 Å². The van der Waals surface area contributed by atoms with Gasteiger partial charge in [-0.25, -0.2) is 0 Å². The van der Waals surface area contributed by atoms with Gasteiger partial charge in [-0.05, 0) is 72.8 Å². The first-order valence-electron chi connectivity index (χ1n) is 10.7. The molecule has 0 unspecified atom stereocenters. The molecule has 0 spiro atoms. The Kier molecular flexibility index (Phi) is 11.4. The van der Waals surface area contributed by atoms with Gasteiger partial charge in [-0.2, -0.15) is 21.9 Å². The molecule has 0 aliphatic rings. The van der Waals surface area contributed by atoms with E-state index in [4.69, 9.17) is 0 Å². The van der Waals surface area contributed by atoms with E-state index in [1.807, 2.05) is 30.3 Å². The van der Waals surface area contributed by atoms with E-state index in [1.54, 1.807) is 24.3 Å². The molecule has 0 radical (unpaired) electrons. The van der Waals surface area contributed by atoms with Crippen LogP contribution in [0, 0.1) is 0 Å². The zero-order valence-electron chi connectivity index (χ0n) is 21.4. The van der Waals surface area contributed by atoms with E-state index >= 15 is 0 Å². The second kappa shape index (κ2) is 13.5. The molecule has 12 nitrogen and oxygen atoms in total. The molecule has 196 valence electrons. The van der Waals surface area contributed by atoms with E-state index in [2.05, 4.69) is 20.5 Å². The average molecular weight is 601 g/mol. The standard InChI is InChI=1S/C24H20N4O8S2.2Na/c1-14(29)25-20-13-19(37(31,32)33)11-15-12-21(38(34,35)36)23(24(30)22(15)20)28-27-18-9-7-17(8-10-18)26-16-5-3-2-4-6-16;;/h2-13,26,30H,1H3,(H,25,29)(H,31,32,33)(H,34,35,36);;/q;2*+1/p-2. The maximum Gasteiger partial charge on any atom is 1.00 e. The molecular weight excluding hydrogens is 582 g/mol. The number of fused-ring (bicyclic) bond motifs is 1. The van der Waals surface area contributed by atoms with Gasteiger partial charge in [0.05, 0.1) is 22.0 Å². The van der Waals surface area contributed by atoms with Gasteiger partial charge in [0.15, 0.2) is 0 Å². The zero-order valence-corrected chi connectivity index (χ0v) is 27.1. The fourth-order valence-electron chi connectivity index (χ4n) is 3.53. The molecule has 0 amide bonds. The molecule has 0 atom stereocenters. The quantitative estimate of drug-likeness (QED) is 0.0703. The van der Waals surface area contributed by atoms with Gasteiger partial charge in [-0.3, -0.25) is 14.1 Å². The third-order valence-corrected chi connectivity index (χ3v) is 6.83. The summed E-state index contributed by atoms with van der Waals surface area (Å²) in [5.41, 5.74) is 0.568. The van der Waals surface area contributed by atoms with Crippen LogP contribution in [0.2, 0.25) is 0 Å². The summed E-state index contributed by atoms with van der Waals surface area (Å²) in [6.45, 7) is 1.04. The van der Waals surface area contributed by atoms with Crippen molar-refractivity contribution < 1.29 is 95.3 Å². The second-order valence-electron chi connectivity index (χ2n) is 7.91. The van der Waals surface area contributed by atoms with Crippen molar-refractivity contribution in [1.82, 2.24) is 0 Å². The number of hydrogen-bond donors (Lipinski definition) is 3. The van der Waals surface area contributed by atoms with Crippen molar-refractivity contribution in [2.45, 2.75) is 16.7 Å². The molecule has 0 saturated heterocycles. The number of nitrogens with one attached hydrogen (secondary N) is 1. The number of aliphatic imine (C=N–C) groups is 1. The van der Waals surface area contributed by atoms with Gasteiger partial charge in [0.1, 0.15) is 4.90 Å². The van der Waals surface area contributed by atoms with E-state index in [1.165, 1.54) is 0 Å². The van der Waals surface area contributed by atoms with Crippen molar-refractivity contribution >= 4 is 65.3 Å². The van der Waals surface area contributed by atoms with E-state index in [-0.39, 0.29) is 75.6 Å². The van der Waals surface area contributed by atoms with Gasteiger partial charge in [0.2, 0.25) is 0 Å². The molecule has 0 fully saturated rings. The zero-order chi connectivity index (χ0) is 27.7. The third-order valence-electron chi connectivity index (χ3n) is 5.13. The molecule has 3 N–H and O–H groups in total. The topological polar surface area (TPSA) is 204 Å². The van der Waals surface area contributed by atoms with Gasteiger partial charge < -0.3 is 15.5 Å². The van der Waals surface area contributed by atoms with Crippen LogP contribution in [0.4, 0.5) is 28.4 Å². The van der Waals surface area contributed by atoms with Crippen molar-refractivity contribution in [3.63, 3.8) is 0 Å². The summed E-state index contributed by atoms with van der Waals surface area (Å²) in [5, 5.41) is 35.1. The molecule has 0 aliphatic carbocycles. The van der Waals surface area contributed by atoms with Crippen molar-refractivity contribution in [2.24, 2.45) is 15.2 Å². The molecule has 40 heavy (non-hydrogen) atoms. The molecule has 4 aromatic rings. The Morgan fingerprint density at radius 2 is 1.43 bits per heavy atom. The monoisotopic (exact) mass is 600 g/mol. The maximum absolute atomic E-state index is 13.3. The van der Waals surface area contributed by atoms with Gasteiger partial charge in [-0.15, -0.1) is 5.11 Å². The predicted octanol–water partition coefficient (Wildman–Crippen LogP) is -2.02. The number of hydrogen-bond acceptors (Lipinski definition) is 10. The Hall–Kier alpha value is -2.37. The molecule has 16 heteroatoms. The maximum atomic E-state index is 13.3. The number of rotatable bonds is 7. The van der Waals surface area contributed by atoms with Gasteiger partial charge in [-0.1, -0.05) is 23.9 Å². The fourth-order valence-corrected chi connectivity index (χ4v) is 4.72. The molecule has 0 bridgehead atoms. The Morgan fingerprint density at radius 1 is 0.825 bits per heavy atom. The van der Waals surface area contributed by atoms with Crippen LogP contribution in [0.1, 0.15) is 6.92 Å². The molecule has 0 aliphatic heterocycles. The molecule has 0 heterocycles. The van der Waals surface area contributed by atoms with E-state index in [9.17, 15) is 36.2 Å². The Morgan fingerprint density at radius 3 is 1.98 bits per heavy atom. The van der Waals surface area contributed by atoms with Crippen molar-refractivity contribution in [3.05, 3.63) is 72.8 Å². The molecule has 0 aromatic heterocycles. The molecule has 4 aromatic carbocycles. The largest absolute Gasteiger partial charge is 1.00 e.